The van der Waals surface area contributed by atoms with E-state index in [0.29, 0.717) is 13.2 Å². The van der Waals surface area contributed by atoms with E-state index in [2.05, 4.69) is 19.6 Å². The van der Waals surface area contributed by atoms with Crippen molar-refractivity contribution in [2.24, 2.45) is 0 Å². The second-order valence-electron chi connectivity index (χ2n) is 8.30. The van der Waals surface area contributed by atoms with Crippen LogP contribution in [0, 0.1) is 0 Å². The van der Waals surface area contributed by atoms with Crippen molar-refractivity contribution in [1.82, 2.24) is 0 Å². The topological polar surface area (TPSA) is 55.4 Å². The molecule has 27 heavy (non-hydrogen) atoms. The average molecular weight is 397 g/mol. The second-order valence-corrected chi connectivity index (χ2v) is 13.9. The van der Waals surface area contributed by atoms with Crippen LogP contribution in [0.5, 0.6) is 0 Å². The highest BCUT2D eigenvalue weighted by atomic mass is 28.3. The summed E-state index contributed by atoms with van der Waals surface area (Å²) >= 11 is 0. The quantitative estimate of drug-likeness (QED) is 0.660. The highest BCUT2D eigenvalue weighted by Gasteiger charge is 2.51. The number of methoxy groups -OCH3 is 2. The molecule has 1 aromatic carbocycles. The molecule has 1 aromatic rings. The van der Waals surface area contributed by atoms with Crippen molar-refractivity contribution < 1.29 is 28.4 Å². The third-order valence-electron chi connectivity index (χ3n) is 5.03. The zero-order chi connectivity index (χ0) is 19.4. The largest absolute Gasteiger partial charge is 0.376 e. The molecule has 0 saturated carbocycles. The van der Waals surface area contributed by atoms with Gasteiger partial charge < -0.3 is 28.4 Å². The predicted molar refractivity (Wildman–Crippen MR) is 104 cm³/mol. The van der Waals surface area contributed by atoms with Crippen LogP contribution in [-0.2, 0) is 28.4 Å². The molecule has 7 heteroatoms. The summed E-state index contributed by atoms with van der Waals surface area (Å²) in [6.07, 6.45) is -2.10. The summed E-state index contributed by atoms with van der Waals surface area (Å²) in [7, 11) is 2.15. The van der Waals surface area contributed by atoms with Crippen molar-refractivity contribution in [3.05, 3.63) is 35.9 Å². The van der Waals surface area contributed by atoms with Gasteiger partial charge in [0.2, 0.25) is 0 Å². The van der Waals surface area contributed by atoms with Crippen molar-refractivity contribution in [3.63, 3.8) is 0 Å². The van der Waals surface area contributed by atoms with E-state index in [1.165, 1.54) is 0 Å². The Hall–Kier alpha value is -0.803. The van der Waals surface area contributed by atoms with E-state index >= 15 is 0 Å². The van der Waals surface area contributed by atoms with E-state index in [9.17, 15) is 0 Å². The van der Waals surface area contributed by atoms with Crippen LogP contribution in [0.2, 0.25) is 25.7 Å². The molecule has 6 nitrogen and oxygen atoms in total. The van der Waals surface area contributed by atoms with Gasteiger partial charge in [-0.25, -0.2) is 0 Å². The van der Waals surface area contributed by atoms with Crippen molar-refractivity contribution in [2.75, 3.05) is 27.4 Å². The molecule has 0 aromatic heterocycles. The van der Waals surface area contributed by atoms with E-state index in [1.807, 2.05) is 30.3 Å². The summed E-state index contributed by atoms with van der Waals surface area (Å²) in [6, 6.07) is 11.0. The Balaban J connectivity index is 1.68. The molecule has 0 amide bonds. The van der Waals surface area contributed by atoms with Crippen LogP contribution in [-0.4, -0.2) is 66.2 Å². The minimum Gasteiger partial charge on any atom is -0.376 e. The Labute approximate surface area is 163 Å². The minimum absolute atomic E-state index is 0.252. The number of hydrogen-bond donors (Lipinski definition) is 0. The van der Waals surface area contributed by atoms with Gasteiger partial charge in [0, 0.05) is 34.5 Å². The van der Waals surface area contributed by atoms with Crippen LogP contribution in [0.4, 0.5) is 0 Å². The van der Waals surface area contributed by atoms with Gasteiger partial charge in [-0.2, -0.15) is 0 Å². The van der Waals surface area contributed by atoms with Gasteiger partial charge in [-0.3, -0.25) is 0 Å². The average Bonchev–Trinajstić information content (AvgIpc) is 2.66. The normalized spacial score (nSPS) is 34.3. The zero-order valence-electron chi connectivity index (χ0n) is 16.9. The first-order chi connectivity index (χ1) is 12.9. The molecule has 0 aliphatic carbocycles. The van der Waals surface area contributed by atoms with Crippen LogP contribution in [0.3, 0.4) is 0 Å². The molecule has 6 atom stereocenters. The lowest BCUT2D eigenvalue weighted by Gasteiger charge is -2.48. The summed E-state index contributed by atoms with van der Waals surface area (Å²) in [5, 5.41) is 0. The first-order valence-corrected chi connectivity index (χ1v) is 13.3. The maximum atomic E-state index is 6.22. The van der Waals surface area contributed by atoms with Gasteiger partial charge >= 0.3 is 0 Å². The molecule has 0 spiro atoms. The summed E-state index contributed by atoms with van der Waals surface area (Å²) in [5.41, 5.74) is 0.980. The fourth-order valence-electron chi connectivity index (χ4n) is 3.46. The van der Waals surface area contributed by atoms with Crippen LogP contribution >= 0.6 is 0 Å². The second kappa shape index (κ2) is 9.13. The van der Waals surface area contributed by atoms with Gasteiger partial charge in [-0.05, 0) is 6.04 Å². The van der Waals surface area contributed by atoms with Crippen molar-refractivity contribution in [1.29, 1.82) is 0 Å². The van der Waals surface area contributed by atoms with Crippen molar-refractivity contribution in [3.8, 4) is 0 Å². The molecule has 2 fully saturated rings. The molecule has 2 saturated heterocycles. The van der Waals surface area contributed by atoms with E-state index < -0.39 is 20.7 Å². The molecular weight excluding hydrogens is 364 g/mol. The molecule has 2 aliphatic rings. The Kier molecular flexibility index (Phi) is 7.07. The number of benzene rings is 1. The molecule has 2 aliphatic heterocycles. The van der Waals surface area contributed by atoms with E-state index in [0.717, 1.165) is 11.6 Å². The summed E-state index contributed by atoms with van der Waals surface area (Å²) < 4.78 is 35.8. The highest BCUT2D eigenvalue weighted by Crippen LogP contribution is 2.36. The van der Waals surface area contributed by atoms with Gasteiger partial charge in [0.05, 0.1) is 6.61 Å². The first kappa shape index (κ1) is 20.9. The fourth-order valence-corrected chi connectivity index (χ4v) is 4.19. The van der Waals surface area contributed by atoms with Gasteiger partial charge in [0.15, 0.2) is 12.6 Å². The Bertz CT molecular complexity index is 578. The maximum absolute atomic E-state index is 6.22. The standard InChI is InChI=1S/C20H32O6Si/c1-21-17-16-15(13-24-19(26-16)14-9-7-6-8-10-14)25-20(18(17)22-2)23-11-12-27(3,4)5/h6-10,15-20H,11-13H2,1-5H3/t15-,16-,17+,18-,19?,20-/m1/s1. The third-order valence-corrected chi connectivity index (χ3v) is 6.74. The van der Waals surface area contributed by atoms with Crippen LogP contribution in [0.25, 0.3) is 0 Å². The predicted octanol–water partition coefficient (Wildman–Crippen LogP) is 3.21. The molecule has 0 radical (unpaired) electrons. The maximum Gasteiger partial charge on any atom is 0.186 e. The minimum atomic E-state index is -1.18. The van der Waals surface area contributed by atoms with Crippen LogP contribution in [0.1, 0.15) is 11.9 Å². The van der Waals surface area contributed by atoms with Gasteiger partial charge in [-0.1, -0.05) is 50.0 Å². The molecular formula is C20H32O6Si. The van der Waals surface area contributed by atoms with Gasteiger partial charge in [0.25, 0.3) is 0 Å². The van der Waals surface area contributed by atoms with Crippen LogP contribution < -0.4 is 0 Å². The summed E-state index contributed by atoms with van der Waals surface area (Å²) in [6.45, 7) is 8.06. The number of ether oxygens (including phenoxy) is 6. The lowest BCUT2D eigenvalue weighted by molar-refractivity contribution is -0.365. The number of rotatable bonds is 7. The third kappa shape index (κ3) is 5.17. The zero-order valence-corrected chi connectivity index (χ0v) is 17.9. The van der Waals surface area contributed by atoms with E-state index in [1.54, 1.807) is 14.2 Å². The number of fused-ring (bicyclic) bond motifs is 1. The van der Waals surface area contributed by atoms with E-state index in [4.69, 9.17) is 28.4 Å². The molecule has 1 unspecified atom stereocenters. The lowest BCUT2D eigenvalue weighted by Crippen LogP contribution is -2.63. The number of hydrogen-bond acceptors (Lipinski definition) is 6. The van der Waals surface area contributed by atoms with Crippen molar-refractivity contribution in [2.45, 2.75) is 62.7 Å². The van der Waals surface area contributed by atoms with Crippen molar-refractivity contribution >= 4 is 8.07 Å². The molecule has 3 rings (SSSR count). The van der Waals surface area contributed by atoms with E-state index in [-0.39, 0.29) is 24.4 Å². The van der Waals surface area contributed by atoms with Crippen LogP contribution in [0.15, 0.2) is 30.3 Å². The molecule has 0 N–H and O–H groups in total. The molecule has 152 valence electrons. The monoisotopic (exact) mass is 396 g/mol. The molecule has 2 heterocycles. The Morgan fingerprint density at radius 2 is 1.70 bits per heavy atom. The van der Waals surface area contributed by atoms with Gasteiger partial charge in [-0.15, -0.1) is 0 Å². The summed E-state index contributed by atoms with van der Waals surface area (Å²) in [5.74, 6) is 0. The smallest absolute Gasteiger partial charge is 0.186 e. The summed E-state index contributed by atoms with van der Waals surface area (Å²) in [4.78, 5) is 0. The first-order valence-electron chi connectivity index (χ1n) is 9.57. The lowest BCUT2D eigenvalue weighted by atomic mass is 9.97. The highest BCUT2D eigenvalue weighted by molar-refractivity contribution is 6.76. The SMILES string of the molecule is CO[C@@H]1[C@@H](OC)[C@H](OCC[Si](C)(C)C)O[C@@H]2COC(c3ccccc3)O[C@@H]12. The van der Waals surface area contributed by atoms with Gasteiger partial charge in [0.1, 0.15) is 24.4 Å². The Morgan fingerprint density at radius 1 is 1.00 bits per heavy atom. The molecule has 0 bridgehead atoms. The fraction of sp³-hybridized carbons (Fsp3) is 0.700. The Morgan fingerprint density at radius 3 is 2.33 bits per heavy atom.